The van der Waals surface area contributed by atoms with E-state index in [-0.39, 0.29) is 23.9 Å². The third kappa shape index (κ3) is 1.34. The van der Waals surface area contributed by atoms with Crippen LogP contribution in [0.25, 0.3) is 0 Å². The first-order valence-electron chi connectivity index (χ1n) is 4.24. The summed E-state index contributed by atoms with van der Waals surface area (Å²) in [5.41, 5.74) is 0. The van der Waals surface area contributed by atoms with E-state index in [1.54, 1.807) is 0 Å². The van der Waals surface area contributed by atoms with Gasteiger partial charge in [0.2, 0.25) is 0 Å². The molecular weight excluding hydrogens is 174 g/mol. The number of rotatable bonds is 1. The molecular formula is C8H11NO4. The fourth-order valence-corrected chi connectivity index (χ4v) is 1.99. The molecule has 3 atom stereocenters. The summed E-state index contributed by atoms with van der Waals surface area (Å²) in [6, 6.07) is 0. The molecule has 0 aromatic heterocycles. The van der Waals surface area contributed by atoms with Crippen molar-refractivity contribution in [1.82, 2.24) is 4.90 Å². The molecule has 0 aromatic rings. The third-order valence-corrected chi connectivity index (χ3v) is 2.69. The van der Waals surface area contributed by atoms with Crippen LogP contribution in [0.1, 0.15) is 6.92 Å². The smallest absolute Gasteiger partial charge is 0.407 e. The Hall–Kier alpha value is -1.26. The van der Waals surface area contributed by atoms with Gasteiger partial charge in [0.25, 0.3) is 0 Å². The summed E-state index contributed by atoms with van der Waals surface area (Å²) in [6.07, 6.45) is -0.901. The van der Waals surface area contributed by atoms with Crippen LogP contribution >= 0.6 is 0 Å². The average Bonchev–Trinajstić information content (AvgIpc) is 2.51. The number of carbonyl (C=O) groups is 2. The standard InChI is InChI=1S/C8H11NO4/c1-4(10)13-7-5-2-9(8(11)12)3-6(5)7/h5-7H,2-3H2,1H3,(H,11,12)/t5-,6+,7?. The monoisotopic (exact) mass is 185 g/mol. The maximum absolute atomic E-state index is 10.6. The second-order valence-electron chi connectivity index (χ2n) is 3.59. The minimum atomic E-state index is -0.881. The van der Waals surface area contributed by atoms with Gasteiger partial charge in [-0.2, -0.15) is 0 Å². The molecule has 1 saturated heterocycles. The molecule has 1 N–H and O–H groups in total. The van der Waals surface area contributed by atoms with Crippen LogP contribution in [0, 0.1) is 11.8 Å². The molecule has 2 rings (SSSR count). The van der Waals surface area contributed by atoms with Crippen molar-refractivity contribution in [2.45, 2.75) is 13.0 Å². The SMILES string of the molecule is CC(=O)OC1[C@H]2CN(C(=O)O)C[C@@H]12. The van der Waals surface area contributed by atoms with Crippen LogP contribution in [-0.2, 0) is 9.53 Å². The quantitative estimate of drug-likeness (QED) is 0.591. The van der Waals surface area contributed by atoms with Gasteiger partial charge in [0.1, 0.15) is 6.10 Å². The highest BCUT2D eigenvalue weighted by atomic mass is 16.5. The Morgan fingerprint density at radius 1 is 1.38 bits per heavy atom. The number of likely N-dealkylation sites (tertiary alicyclic amines) is 1. The maximum Gasteiger partial charge on any atom is 0.407 e. The van der Waals surface area contributed by atoms with Crippen molar-refractivity contribution in [2.24, 2.45) is 11.8 Å². The predicted octanol–water partition coefficient (Wildman–Crippen LogP) is 0.158. The third-order valence-electron chi connectivity index (χ3n) is 2.69. The zero-order chi connectivity index (χ0) is 9.59. The van der Waals surface area contributed by atoms with Crippen molar-refractivity contribution in [3.05, 3.63) is 0 Å². The van der Waals surface area contributed by atoms with Crippen molar-refractivity contribution in [3.8, 4) is 0 Å². The highest BCUT2D eigenvalue weighted by Crippen LogP contribution is 2.47. The molecule has 5 nitrogen and oxygen atoms in total. The van der Waals surface area contributed by atoms with E-state index < -0.39 is 6.09 Å². The van der Waals surface area contributed by atoms with E-state index in [1.165, 1.54) is 11.8 Å². The highest BCUT2D eigenvalue weighted by Gasteiger charge is 2.59. The molecule has 1 unspecified atom stereocenters. The molecule has 0 bridgehead atoms. The molecule has 13 heavy (non-hydrogen) atoms. The van der Waals surface area contributed by atoms with Gasteiger partial charge < -0.3 is 14.7 Å². The Morgan fingerprint density at radius 3 is 2.31 bits per heavy atom. The summed E-state index contributed by atoms with van der Waals surface area (Å²) >= 11 is 0. The van der Waals surface area contributed by atoms with Crippen molar-refractivity contribution in [3.63, 3.8) is 0 Å². The molecule has 0 spiro atoms. The number of carbonyl (C=O) groups excluding carboxylic acids is 1. The topological polar surface area (TPSA) is 66.8 Å². The van der Waals surface area contributed by atoms with E-state index in [2.05, 4.69) is 0 Å². The van der Waals surface area contributed by atoms with Gasteiger partial charge in [-0.15, -0.1) is 0 Å². The molecule has 5 heteroatoms. The number of amides is 1. The molecule has 72 valence electrons. The van der Waals surface area contributed by atoms with Gasteiger partial charge in [-0.1, -0.05) is 0 Å². The van der Waals surface area contributed by atoms with Crippen molar-refractivity contribution in [2.75, 3.05) is 13.1 Å². The first kappa shape index (κ1) is 8.34. The first-order valence-corrected chi connectivity index (χ1v) is 4.24. The Balaban J connectivity index is 1.84. The molecule has 1 saturated carbocycles. The average molecular weight is 185 g/mol. The highest BCUT2D eigenvalue weighted by molar-refractivity contribution is 5.67. The molecule has 1 heterocycles. The zero-order valence-corrected chi connectivity index (χ0v) is 7.27. The Morgan fingerprint density at radius 2 is 1.92 bits per heavy atom. The molecule has 1 aliphatic carbocycles. The van der Waals surface area contributed by atoms with Crippen molar-refractivity contribution < 1.29 is 19.4 Å². The Bertz CT molecular complexity index is 253. The second-order valence-corrected chi connectivity index (χ2v) is 3.59. The summed E-state index contributed by atoms with van der Waals surface area (Å²) in [7, 11) is 0. The fraction of sp³-hybridized carbons (Fsp3) is 0.750. The Labute approximate surface area is 75.3 Å². The van der Waals surface area contributed by atoms with Gasteiger partial charge in [-0.25, -0.2) is 4.79 Å². The van der Waals surface area contributed by atoms with E-state index in [0.717, 1.165) is 0 Å². The number of carboxylic acid groups (broad SMARTS) is 1. The van der Waals surface area contributed by atoms with Gasteiger partial charge in [-0.3, -0.25) is 4.79 Å². The van der Waals surface area contributed by atoms with Gasteiger partial charge in [0, 0.05) is 31.8 Å². The number of fused-ring (bicyclic) bond motifs is 1. The Kier molecular flexibility index (Phi) is 1.68. The van der Waals surface area contributed by atoms with Gasteiger partial charge in [0.15, 0.2) is 0 Å². The normalized spacial score (nSPS) is 35.5. The zero-order valence-electron chi connectivity index (χ0n) is 7.27. The number of hydrogen-bond donors (Lipinski definition) is 1. The van der Waals surface area contributed by atoms with Crippen LogP contribution in [0.15, 0.2) is 0 Å². The van der Waals surface area contributed by atoms with Crippen LogP contribution in [0.4, 0.5) is 4.79 Å². The molecule has 2 fully saturated rings. The number of esters is 1. The molecule has 1 aliphatic heterocycles. The lowest BCUT2D eigenvalue weighted by atomic mass is 10.4. The summed E-state index contributed by atoms with van der Waals surface area (Å²) in [5, 5.41) is 8.64. The van der Waals surface area contributed by atoms with Crippen LogP contribution in [0.3, 0.4) is 0 Å². The van der Waals surface area contributed by atoms with E-state index in [9.17, 15) is 9.59 Å². The minimum absolute atomic E-state index is 0.0203. The lowest BCUT2D eigenvalue weighted by Crippen LogP contribution is -2.31. The van der Waals surface area contributed by atoms with Crippen LogP contribution in [0.2, 0.25) is 0 Å². The van der Waals surface area contributed by atoms with Crippen molar-refractivity contribution in [1.29, 1.82) is 0 Å². The summed E-state index contributed by atoms with van der Waals surface area (Å²) in [4.78, 5) is 22.5. The summed E-state index contributed by atoms with van der Waals surface area (Å²) < 4.78 is 5.00. The lowest BCUT2D eigenvalue weighted by Gasteiger charge is -2.15. The van der Waals surface area contributed by atoms with E-state index in [4.69, 9.17) is 9.84 Å². The van der Waals surface area contributed by atoms with Crippen LogP contribution in [-0.4, -0.2) is 41.3 Å². The molecule has 1 amide bonds. The fourth-order valence-electron chi connectivity index (χ4n) is 1.99. The molecule has 0 aromatic carbocycles. The summed E-state index contributed by atoms with van der Waals surface area (Å²) in [5.74, 6) is 0.223. The van der Waals surface area contributed by atoms with E-state index in [1.807, 2.05) is 0 Å². The van der Waals surface area contributed by atoms with Crippen LogP contribution < -0.4 is 0 Å². The number of hydrogen-bond acceptors (Lipinski definition) is 3. The van der Waals surface area contributed by atoms with Gasteiger partial charge in [-0.05, 0) is 0 Å². The predicted molar refractivity (Wildman–Crippen MR) is 42.1 cm³/mol. The van der Waals surface area contributed by atoms with Gasteiger partial charge in [0.05, 0.1) is 0 Å². The van der Waals surface area contributed by atoms with Gasteiger partial charge >= 0.3 is 12.1 Å². The summed E-state index contributed by atoms with van der Waals surface area (Å²) in [6.45, 7) is 2.40. The van der Waals surface area contributed by atoms with Crippen molar-refractivity contribution >= 4 is 12.1 Å². The van der Waals surface area contributed by atoms with Crippen LogP contribution in [0.5, 0.6) is 0 Å². The van der Waals surface area contributed by atoms with E-state index in [0.29, 0.717) is 13.1 Å². The maximum atomic E-state index is 10.6. The lowest BCUT2D eigenvalue weighted by molar-refractivity contribution is -0.143. The number of ether oxygens (including phenoxy) is 1. The molecule has 2 aliphatic rings. The first-order chi connectivity index (χ1) is 6.09. The number of nitrogens with zero attached hydrogens (tertiary/aromatic N) is 1. The second kappa shape index (κ2) is 2.61. The molecule has 0 radical (unpaired) electrons. The largest absolute Gasteiger partial charge is 0.465 e. The number of piperidine rings is 1. The minimum Gasteiger partial charge on any atom is -0.465 e. The van der Waals surface area contributed by atoms with E-state index >= 15 is 0 Å².